The van der Waals surface area contributed by atoms with E-state index < -0.39 is 97.5 Å². The van der Waals surface area contributed by atoms with E-state index in [1.807, 2.05) is 18.2 Å². The molecular formula is C77H128O17P2. The van der Waals surface area contributed by atoms with Gasteiger partial charge in [0, 0.05) is 19.3 Å². The van der Waals surface area contributed by atoms with Crippen LogP contribution in [0.3, 0.4) is 0 Å². The predicted molar refractivity (Wildman–Crippen MR) is 390 cm³/mol. The van der Waals surface area contributed by atoms with E-state index in [0.29, 0.717) is 25.7 Å². The van der Waals surface area contributed by atoms with Crippen LogP contribution in [0, 0.1) is 0 Å². The molecule has 0 saturated carbocycles. The van der Waals surface area contributed by atoms with Gasteiger partial charge in [0.2, 0.25) is 0 Å². The summed E-state index contributed by atoms with van der Waals surface area (Å²) in [5.41, 5.74) is 0. The van der Waals surface area contributed by atoms with Gasteiger partial charge in [0.15, 0.2) is 12.2 Å². The molecule has 0 aliphatic heterocycles. The summed E-state index contributed by atoms with van der Waals surface area (Å²) < 4.78 is 68.2. The molecule has 0 saturated heterocycles. The topological polar surface area (TPSA) is 237 Å². The zero-order valence-corrected chi connectivity index (χ0v) is 61.3. The molecule has 0 radical (unpaired) electrons. The van der Waals surface area contributed by atoms with E-state index in [9.17, 15) is 43.2 Å². The Bertz CT molecular complexity index is 2350. The normalized spacial score (nSPS) is 14.8. The summed E-state index contributed by atoms with van der Waals surface area (Å²) in [5.74, 6) is -2.37. The second kappa shape index (κ2) is 68.7. The molecule has 0 spiro atoms. The van der Waals surface area contributed by atoms with Crippen molar-refractivity contribution in [1.82, 2.24) is 0 Å². The molecule has 19 heteroatoms. The number of phosphoric ester groups is 2. The summed E-state index contributed by atoms with van der Waals surface area (Å²) in [4.78, 5) is 72.6. The average molecular weight is 1390 g/mol. The van der Waals surface area contributed by atoms with E-state index in [2.05, 4.69) is 137 Å². The first-order chi connectivity index (χ1) is 46.7. The SMILES string of the molecule is CC/C=C\C/C=C\C/C=C\C/C=C\C/C=C\CC(=O)OCC(COP(=O)(O)OCC(O)COP(=O)(O)OCC(COC(=O)CCCCCCCCC/C=C\C/C=C\C/C=C\CC)OC(=O)CCCCCCC/C=C\C/C=C\CCC)OC(=O)CCCCCCC/C=C\CCCC. The number of phosphoric acid groups is 2. The Balaban J connectivity index is 5.40. The van der Waals surface area contributed by atoms with E-state index in [4.69, 9.17) is 37.0 Å². The molecule has 0 fully saturated rings. The highest BCUT2D eigenvalue weighted by atomic mass is 31.2. The first kappa shape index (κ1) is 91.2. The number of aliphatic hydroxyl groups excluding tert-OH is 1. The Kier molecular flexibility index (Phi) is 65.3. The smallest absolute Gasteiger partial charge is 0.462 e. The van der Waals surface area contributed by atoms with E-state index in [1.165, 1.54) is 12.8 Å². The maximum absolute atomic E-state index is 13.0. The molecule has 5 atom stereocenters. The standard InChI is InChI=1S/C77H128O17P2/c1-5-9-13-17-21-25-29-32-34-35-37-40-43-46-50-54-58-62-75(80)88-68-73(94-77(82)64-60-56-52-48-44-38-31-27-23-19-15-11-7-3)70-92-96(85,86)90-66-71(78)65-89-95(83,84)91-69-72(93-76(81)63-59-55-51-47-41-28-24-20-16-12-8-4)67-87-74(79)61-57-53-49-45-42-39-36-33-30-26-22-18-14-10-6-2/h9-10,13-15,19-22,24-27,31-34,36,42,45,53,57,71-73,78H,5-8,11-12,16-18,23,28-30,35,37-41,43-44,46-52,54-56,58-70H2,1-4H3,(H,83,84)(H,85,86)/b13-9-,14-10-,19-15-,24-20-,25-21-,26-22-,31-27-,34-32-,36-33-,45-42-,57-53-. The zero-order valence-electron chi connectivity index (χ0n) is 59.5. The van der Waals surface area contributed by atoms with Crippen molar-refractivity contribution in [1.29, 1.82) is 0 Å². The number of hydrogen-bond donors (Lipinski definition) is 3. The quantitative estimate of drug-likeness (QED) is 0.0169. The van der Waals surface area contributed by atoms with E-state index in [0.717, 1.165) is 180 Å². The van der Waals surface area contributed by atoms with Gasteiger partial charge in [-0.3, -0.25) is 37.3 Å². The third-order valence-corrected chi connectivity index (χ3v) is 16.5. The second-order valence-corrected chi connectivity index (χ2v) is 26.7. The van der Waals surface area contributed by atoms with Gasteiger partial charge < -0.3 is 33.8 Å². The molecule has 0 aliphatic carbocycles. The Labute approximate surface area is 580 Å². The van der Waals surface area contributed by atoms with Crippen LogP contribution in [0.1, 0.15) is 272 Å². The number of unbranched alkanes of at least 4 members (excludes halogenated alkanes) is 20. The number of aliphatic hydroxyl groups is 1. The van der Waals surface area contributed by atoms with Crippen molar-refractivity contribution >= 4 is 39.5 Å². The van der Waals surface area contributed by atoms with Gasteiger partial charge in [-0.25, -0.2) is 9.13 Å². The summed E-state index contributed by atoms with van der Waals surface area (Å²) in [7, 11) is -9.98. The van der Waals surface area contributed by atoms with Crippen molar-refractivity contribution in [3.8, 4) is 0 Å². The average Bonchev–Trinajstić information content (AvgIpc) is 1.10. The Hall–Kier alpha value is -4.80. The van der Waals surface area contributed by atoms with Crippen molar-refractivity contribution in [2.45, 2.75) is 290 Å². The van der Waals surface area contributed by atoms with Crippen LogP contribution in [0.15, 0.2) is 134 Å². The van der Waals surface area contributed by atoms with Gasteiger partial charge in [-0.1, -0.05) is 251 Å². The minimum absolute atomic E-state index is 0.0617. The van der Waals surface area contributed by atoms with Crippen molar-refractivity contribution < 1.29 is 80.2 Å². The van der Waals surface area contributed by atoms with Crippen LogP contribution in [-0.2, 0) is 65.4 Å². The minimum atomic E-state index is -4.99. The fourth-order valence-electron chi connectivity index (χ4n) is 9.09. The van der Waals surface area contributed by atoms with E-state index in [1.54, 1.807) is 6.08 Å². The van der Waals surface area contributed by atoms with E-state index >= 15 is 0 Å². The van der Waals surface area contributed by atoms with Crippen LogP contribution >= 0.6 is 15.6 Å². The molecule has 0 rings (SSSR count). The second-order valence-electron chi connectivity index (χ2n) is 23.8. The number of hydrogen-bond acceptors (Lipinski definition) is 15. The van der Waals surface area contributed by atoms with Crippen LogP contribution in [-0.4, -0.2) is 96.7 Å². The maximum atomic E-state index is 13.0. The summed E-state index contributed by atoms with van der Waals surface area (Å²) in [6, 6.07) is 0. The lowest BCUT2D eigenvalue weighted by atomic mass is 10.1. The number of allylic oxidation sites excluding steroid dienone is 21. The van der Waals surface area contributed by atoms with Crippen molar-refractivity contribution in [3.05, 3.63) is 134 Å². The minimum Gasteiger partial charge on any atom is -0.462 e. The van der Waals surface area contributed by atoms with Gasteiger partial charge >= 0.3 is 39.5 Å². The first-order valence-electron chi connectivity index (χ1n) is 36.4. The molecular weight excluding hydrogens is 1260 g/mol. The zero-order chi connectivity index (χ0) is 70.4. The molecule has 0 aromatic carbocycles. The molecule has 5 unspecified atom stereocenters. The van der Waals surface area contributed by atoms with Gasteiger partial charge in [-0.2, -0.15) is 0 Å². The third kappa shape index (κ3) is 67.8. The number of ether oxygens (including phenoxy) is 4. The van der Waals surface area contributed by atoms with Gasteiger partial charge in [-0.15, -0.1) is 0 Å². The third-order valence-electron chi connectivity index (χ3n) is 14.6. The lowest BCUT2D eigenvalue weighted by Gasteiger charge is -2.21. The summed E-state index contributed by atoms with van der Waals surface area (Å²) in [6.07, 6.45) is 74.9. The molecule has 17 nitrogen and oxygen atoms in total. The molecule has 0 heterocycles. The Morgan fingerprint density at radius 2 is 0.604 bits per heavy atom. The highest BCUT2D eigenvalue weighted by Gasteiger charge is 2.30. The maximum Gasteiger partial charge on any atom is 0.472 e. The lowest BCUT2D eigenvalue weighted by Crippen LogP contribution is -2.30. The predicted octanol–water partition coefficient (Wildman–Crippen LogP) is 20.5. The number of carbonyl (C=O) groups excluding carboxylic acids is 4. The van der Waals surface area contributed by atoms with Gasteiger partial charge in [0.05, 0.1) is 32.8 Å². The number of carbonyl (C=O) groups is 4. The van der Waals surface area contributed by atoms with Crippen LogP contribution in [0.25, 0.3) is 0 Å². The highest BCUT2D eigenvalue weighted by Crippen LogP contribution is 2.45. The monoisotopic (exact) mass is 1390 g/mol. The van der Waals surface area contributed by atoms with Crippen LogP contribution < -0.4 is 0 Å². The highest BCUT2D eigenvalue weighted by molar-refractivity contribution is 7.47. The fourth-order valence-corrected chi connectivity index (χ4v) is 10.7. The van der Waals surface area contributed by atoms with Crippen LogP contribution in [0.2, 0.25) is 0 Å². The summed E-state index contributed by atoms with van der Waals surface area (Å²) in [5, 5.41) is 10.6. The van der Waals surface area contributed by atoms with Crippen LogP contribution in [0.5, 0.6) is 0 Å². The largest absolute Gasteiger partial charge is 0.472 e. The van der Waals surface area contributed by atoms with Crippen LogP contribution in [0.4, 0.5) is 0 Å². The number of rotatable bonds is 67. The molecule has 0 bridgehead atoms. The van der Waals surface area contributed by atoms with Crippen molar-refractivity contribution in [3.63, 3.8) is 0 Å². The molecule has 548 valence electrons. The molecule has 0 aliphatic rings. The summed E-state index contributed by atoms with van der Waals surface area (Å²) in [6.45, 7) is 4.36. The molecule has 0 aromatic rings. The first-order valence-corrected chi connectivity index (χ1v) is 39.4. The van der Waals surface area contributed by atoms with Gasteiger partial charge in [0.25, 0.3) is 0 Å². The molecule has 3 N–H and O–H groups in total. The summed E-state index contributed by atoms with van der Waals surface area (Å²) >= 11 is 0. The Morgan fingerprint density at radius 3 is 0.979 bits per heavy atom. The van der Waals surface area contributed by atoms with Crippen molar-refractivity contribution in [2.75, 3.05) is 39.6 Å². The van der Waals surface area contributed by atoms with Crippen molar-refractivity contribution in [2.24, 2.45) is 0 Å². The van der Waals surface area contributed by atoms with Gasteiger partial charge in [0.1, 0.15) is 19.3 Å². The lowest BCUT2D eigenvalue weighted by molar-refractivity contribution is -0.161. The molecule has 96 heavy (non-hydrogen) atoms. The fraction of sp³-hybridized carbons (Fsp3) is 0.662. The van der Waals surface area contributed by atoms with Gasteiger partial charge in [-0.05, 0) is 128 Å². The van der Waals surface area contributed by atoms with E-state index in [-0.39, 0.29) is 25.7 Å². The number of esters is 4. The molecule has 0 aromatic heterocycles. The Morgan fingerprint density at radius 1 is 0.312 bits per heavy atom. The molecule has 0 amide bonds.